The Morgan fingerprint density at radius 2 is 2.13 bits per heavy atom. The number of amides is 2. The summed E-state index contributed by atoms with van der Waals surface area (Å²) in [6.45, 7) is 3.66. The first-order valence-corrected chi connectivity index (χ1v) is 7.58. The van der Waals surface area contributed by atoms with Crippen LogP contribution in [0.3, 0.4) is 0 Å². The summed E-state index contributed by atoms with van der Waals surface area (Å²) in [7, 11) is 1.75. The van der Waals surface area contributed by atoms with E-state index < -0.39 is 0 Å². The van der Waals surface area contributed by atoms with Crippen LogP contribution in [0.15, 0.2) is 47.1 Å². The molecule has 2 aromatic heterocycles. The van der Waals surface area contributed by atoms with Crippen molar-refractivity contribution in [3.63, 3.8) is 0 Å². The van der Waals surface area contributed by atoms with Crippen molar-refractivity contribution >= 4 is 17.1 Å². The minimum Gasteiger partial charge on any atom is -0.467 e. The van der Waals surface area contributed by atoms with E-state index in [1.165, 1.54) is 0 Å². The maximum Gasteiger partial charge on any atom is 0.317 e. The minimum atomic E-state index is -0.122. The highest BCUT2D eigenvalue weighted by Gasteiger charge is 2.11. The van der Waals surface area contributed by atoms with Gasteiger partial charge in [-0.2, -0.15) is 0 Å². The van der Waals surface area contributed by atoms with Gasteiger partial charge in [-0.3, -0.25) is 0 Å². The molecule has 6 heteroatoms. The Hall–Kier alpha value is -2.76. The molecule has 0 bridgehead atoms. The summed E-state index contributed by atoms with van der Waals surface area (Å²) in [4.78, 5) is 18.2. The second-order valence-corrected chi connectivity index (χ2v) is 5.47. The van der Waals surface area contributed by atoms with Gasteiger partial charge in [0.05, 0.1) is 23.8 Å². The van der Waals surface area contributed by atoms with Crippen LogP contribution in [0, 0.1) is 6.92 Å². The van der Waals surface area contributed by atoms with Crippen molar-refractivity contribution in [2.45, 2.75) is 20.0 Å². The van der Waals surface area contributed by atoms with Crippen LogP contribution in [0.2, 0.25) is 0 Å². The molecule has 2 heterocycles. The zero-order valence-electron chi connectivity index (χ0n) is 13.3. The Morgan fingerprint density at radius 1 is 1.30 bits per heavy atom. The Balaban J connectivity index is 1.56. The standard InChI is InChI=1S/C17H20N4O2/c1-13-19-15-7-3-4-8-16(15)21(13)10-9-18-17(22)20(2)12-14-6-5-11-23-14/h3-8,11H,9-10,12H2,1-2H3,(H,18,22). The monoisotopic (exact) mass is 312 g/mol. The molecule has 120 valence electrons. The molecule has 0 unspecified atom stereocenters. The fraction of sp³-hybridized carbons (Fsp3) is 0.294. The van der Waals surface area contributed by atoms with E-state index in [1.807, 2.05) is 43.3 Å². The van der Waals surface area contributed by atoms with Crippen molar-refractivity contribution in [2.24, 2.45) is 0 Å². The molecule has 0 spiro atoms. The first-order valence-electron chi connectivity index (χ1n) is 7.58. The molecule has 23 heavy (non-hydrogen) atoms. The van der Waals surface area contributed by atoms with Gasteiger partial charge in [0.2, 0.25) is 0 Å². The topological polar surface area (TPSA) is 63.3 Å². The van der Waals surface area contributed by atoms with Gasteiger partial charge in [0.25, 0.3) is 0 Å². The van der Waals surface area contributed by atoms with Crippen molar-refractivity contribution in [1.82, 2.24) is 19.8 Å². The quantitative estimate of drug-likeness (QED) is 0.788. The summed E-state index contributed by atoms with van der Waals surface area (Å²) in [5.74, 6) is 1.71. The fourth-order valence-electron chi connectivity index (χ4n) is 2.60. The number of hydrogen-bond acceptors (Lipinski definition) is 3. The molecule has 3 rings (SSSR count). The SMILES string of the molecule is Cc1nc2ccccc2n1CCNC(=O)N(C)Cc1ccco1. The van der Waals surface area contributed by atoms with Gasteiger partial charge in [-0.25, -0.2) is 9.78 Å². The Bertz CT molecular complexity index is 792. The summed E-state index contributed by atoms with van der Waals surface area (Å²) in [5, 5.41) is 2.92. The third kappa shape index (κ3) is 3.36. The number of hydrogen-bond donors (Lipinski definition) is 1. The van der Waals surface area contributed by atoms with Gasteiger partial charge in [-0.1, -0.05) is 12.1 Å². The van der Waals surface area contributed by atoms with Crippen LogP contribution in [0.4, 0.5) is 4.79 Å². The number of fused-ring (bicyclic) bond motifs is 1. The normalized spacial score (nSPS) is 10.9. The highest BCUT2D eigenvalue weighted by molar-refractivity contribution is 5.76. The lowest BCUT2D eigenvalue weighted by atomic mass is 10.3. The Kier molecular flexibility index (Phi) is 4.32. The number of nitrogens with zero attached hydrogens (tertiary/aromatic N) is 3. The average Bonchev–Trinajstić information content (AvgIpc) is 3.15. The van der Waals surface area contributed by atoms with E-state index in [0.29, 0.717) is 19.6 Å². The Labute approximate surface area is 134 Å². The number of imidazole rings is 1. The van der Waals surface area contributed by atoms with Crippen molar-refractivity contribution < 1.29 is 9.21 Å². The van der Waals surface area contributed by atoms with Crippen molar-refractivity contribution in [2.75, 3.05) is 13.6 Å². The lowest BCUT2D eigenvalue weighted by Crippen LogP contribution is -2.38. The molecule has 0 radical (unpaired) electrons. The van der Waals surface area contributed by atoms with E-state index in [-0.39, 0.29) is 6.03 Å². The summed E-state index contributed by atoms with van der Waals surface area (Å²) in [6.07, 6.45) is 1.61. The molecule has 0 saturated carbocycles. The molecular weight excluding hydrogens is 292 g/mol. The molecule has 6 nitrogen and oxygen atoms in total. The molecule has 0 aliphatic carbocycles. The number of nitrogens with one attached hydrogen (secondary N) is 1. The number of carbonyl (C=O) groups is 1. The molecular formula is C17H20N4O2. The zero-order valence-corrected chi connectivity index (χ0v) is 13.3. The van der Waals surface area contributed by atoms with Crippen molar-refractivity contribution in [3.05, 3.63) is 54.2 Å². The molecule has 0 aliphatic heterocycles. The van der Waals surface area contributed by atoms with Crippen LogP contribution in [0.5, 0.6) is 0 Å². The van der Waals surface area contributed by atoms with Crippen molar-refractivity contribution in [3.8, 4) is 0 Å². The number of carbonyl (C=O) groups excluding carboxylic acids is 1. The predicted molar refractivity (Wildman–Crippen MR) is 88.0 cm³/mol. The van der Waals surface area contributed by atoms with Crippen LogP contribution in [-0.2, 0) is 13.1 Å². The van der Waals surface area contributed by atoms with Gasteiger partial charge in [-0.05, 0) is 31.2 Å². The molecule has 0 aliphatic rings. The second kappa shape index (κ2) is 6.56. The number of benzene rings is 1. The Morgan fingerprint density at radius 3 is 2.91 bits per heavy atom. The molecule has 0 atom stereocenters. The highest BCUT2D eigenvalue weighted by atomic mass is 16.3. The molecule has 3 aromatic rings. The van der Waals surface area contributed by atoms with Gasteiger partial charge in [0, 0.05) is 20.1 Å². The van der Waals surface area contributed by atoms with Crippen LogP contribution in [-0.4, -0.2) is 34.1 Å². The lowest BCUT2D eigenvalue weighted by molar-refractivity contribution is 0.202. The third-order valence-electron chi connectivity index (χ3n) is 3.78. The van der Waals surface area contributed by atoms with Gasteiger partial charge in [-0.15, -0.1) is 0 Å². The van der Waals surface area contributed by atoms with E-state index >= 15 is 0 Å². The third-order valence-corrected chi connectivity index (χ3v) is 3.78. The molecule has 0 saturated heterocycles. The van der Waals surface area contributed by atoms with E-state index in [2.05, 4.69) is 14.9 Å². The summed E-state index contributed by atoms with van der Waals surface area (Å²) >= 11 is 0. The number of urea groups is 1. The lowest BCUT2D eigenvalue weighted by Gasteiger charge is -2.17. The summed E-state index contributed by atoms with van der Waals surface area (Å²) < 4.78 is 7.36. The molecule has 1 aromatic carbocycles. The van der Waals surface area contributed by atoms with Crippen LogP contribution in [0.1, 0.15) is 11.6 Å². The molecule has 2 amide bonds. The van der Waals surface area contributed by atoms with E-state index in [1.54, 1.807) is 18.2 Å². The smallest absolute Gasteiger partial charge is 0.317 e. The van der Waals surface area contributed by atoms with Crippen molar-refractivity contribution in [1.29, 1.82) is 0 Å². The van der Waals surface area contributed by atoms with Gasteiger partial charge >= 0.3 is 6.03 Å². The molecule has 1 N–H and O–H groups in total. The van der Waals surface area contributed by atoms with Gasteiger partial charge < -0.3 is 19.2 Å². The average molecular weight is 312 g/mol. The fourth-order valence-corrected chi connectivity index (χ4v) is 2.60. The number of para-hydroxylation sites is 2. The van der Waals surface area contributed by atoms with E-state index in [0.717, 1.165) is 22.6 Å². The maximum atomic E-state index is 12.1. The summed E-state index contributed by atoms with van der Waals surface area (Å²) in [6, 6.07) is 11.6. The van der Waals surface area contributed by atoms with Crippen LogP contribution < -0.4 is 5.32 Å². The highest BCUT2D eigenvalue weighted by Crippen LogP contribution is 2.14. The van der Waals surface area contributed by atoms with Crippen LogP contribution >= 0.6 is 0 Å². The zero-order chi connectivity index (χ0) is 16.2. The first-order chi connectivity index (χ1) is 11.1. The summed E-state index contributed by atoms with van der Waals surface area (Å²) in [5.41, 5.74) is 2.06. The van der Waals surface area contributed by atoms with E-state index in [4.69, 9.17) is 4.42 Å². The second-order valence-electron chi connectivity index (χ2n) is 5.47. The number of aromatic nitrogens is 2. The van der Waals surface area contributed by atoms with Gasteiger partial charge in [0.1, 0.15) is 11.6 Å². The predicted octanol–water partition coefficient (Wildman–Crippen LogP) is 2.78. The largest absolute Gasteiger partial charge is 0.467 e. The number of aryl methyl sites for hydroxylation is 1. The first kappa shape index (κ1) is 15.1. The number of rotatable bonds is 5. The maximum absolute atomic E-state index is 12.1. The number of furan rings is 1. The van der Waals surface area contributed by atoms with Gasteiger partial charge in [0.15, 0.2) is 0 Å². The molecule has 0 fully saturated rings. The van der Waals surface area contributed by atoms with E-state index in [9.17, 15) is 4.79 Å². The minimum absolute atomic E-state index is 0.122. The van der Waals surface area contributed by atoms with Crippen LogP contribution in [0.25, 0.3) is 11.0 Å².